The highest BCUT2D eigenvalue weighted by molar-refractivity contribution is 6.30. The second kappa shape index (κ2) is 7.94. The van der Waals surface area contributed by atoms with Gasteiger partial charge in [0.1, 0.15) is 5.38 Å². The molecule has 18 heavy (non-hydrogen) atoms. The summed E-state index contributed by atoms with van der Waals surface area (Å²) in [5.74, 6) is -0.405. The summed E-state index contributed by atoms with van der Waals surface area (Å²) in [4.78, 5) is 13.5. The third kappa shape index (κ3) is 5.10. The quantitative estimate of drug-likeness (QED) is 0.565. The largest absolute Gasteiger partial charge is 0.468 e. The molecule has 6 heteroatoms. The summed E-state index contributed by atoms with van der Waals surface area (Å²) in [6, 6.07) is 0.534. The molecule has 106 valence electrons. The van der Waals surface area contributed by atoms with Crippen molar-refractivity contribution in [3.8, 4) is 0 Å². The number of carbonyl (C=O) groups is 1. The van der Waals surface area contributed by atoms with E-state index in [1.807, 2.05) is 0 Å². The number of carbonyl (C=O) groups excluding carboxylic acids is 1. The summed E-state index contributed by atoms with van der Waals surface area (Å²) in [6.45, 7) is 8.11. The molecule has 0 aromatic carbocycles. The second-order valence-electron chi connectivity index (χ2n) is 4.73. The fourth-order valence-corrected chi connectivity index (χ4v) is 2.12. The van der Waals surface area contributed by atoms with Crippen LogP contribution in [0.5, 0.6) is 0 Å². The molecule has 2 unspecified atom stereocenters. The summed E-state index contributed by atoms with van der Waals surface area (Å²) in [5.41, 5.74) is 0. The molecule has 0 bridgehead atoms. The Morgan fingerprint density at radius 3 is 2.94 bits per heavy atom. The van der Waals surface area contributed by atoms with Gasteiger partial charge in [0.15, 0.2) is 0 Å². The van der Waals surface area contributed by atoms with Crippen LogP contribution in [0.3, 0.4) is 0 Å². The van der Waals surface area contributed by atoms with E-state index >= 15 is 0 Å². The lowest BCUT2D eigenvalue weighted by Crippen LogP contribution is -2.49. The van der Waals surface area contributed by atoms with Crippen LogP contribution in [-0.4, -0.2) is 68.3 Å². The number of morpholine rings is 1. The van der Waals surface area contributed by atoms with Crippen LogP contribution < -0.4 is 5.32 Å². The Bertz CT molecular complexity index is 264. The Kier molecular flexibility index (Phi) is 6.92. The standard InChI is InChI=1S/C12H23ClN2O3/c1-9(2)15-4-5-18-10(8-15)6-14-7-11(13)12(16)17-3/h9-11,14H,4-8H2,1-3H3. The van der Waals surface area contributed by atoms with E-state index in [2.05, 4.69) is 28.8 Å². The number of alkyl halides is 1. The minimum Gasteiger partial charge on any atom is -0.468 e. The zero-order valence-electron chi connectivity index (χ0n) is 11.3. The number of nitrogens with zero attached hydrogens (tertiary/aromatic N) is 1. The van der Waals surface area contributed by atoms with Gasteiger partial charge < -0.3 is 14.8 Å². The maximum absolute atomic E-state index is 11.1. The molecule has 0 aliphatic carbocycles. The highest BCUT2D eigenvalue weighted by atomic mass is 35.5. The molecule has 1 N–H and O–H groups in total. The van der Waals surface area contributed by atoms with Crippen molar-refractivity contribution < 1.29 is 14.3 Å². The van der Waals surface area contributed by atoms with Gasteiger partial charge in [0.05, 0.1) is 19.8 Å². The lowest BCUT2D eigenvalue weighted by atomic mass is 10.2. The molecule has 1 heterocycles. The molecule has 5 nitrogen and oxygen atoms in total. The molecule has 0 aromatic heterocycles. The van der Waals surface area contributed by atoms with Crippen molar-refractivity contribution in [3.63, 3.8) is 0 Å². The van der Waals surface area contributed by atoms with Gasteiger partial charge in [-0.2, -0.15) is 0 Å². The lowest BCUT2D eigenvalue weighted by molar-refractivity contribution is -0.140. The molecule has 0 spiro atoms. The van der Waals surface area contributed by atoms with Crippen molar-refractivity contribution in [2.45, 2.75) is 31.4 Å². The van der Waals surface area contributed by atoms with Crippen molar-refractivity contribution >= 4 is 17.6 Å². The topological polar surface area (TPSA) is 50.8 Å². The van der Waals surface area contributed by atoms with Crippen molar-refractivity contribution in [2.24, 2.45) is 0 Å². The molecule has 0 saturated carbocycles. The molecule has 0 radical (unpaired) electrons. The minimum atomic E-state index is -0.639. The first kappa shape index (κ1) is 15.7. The number of rotatable bonds is 6. The van der Waals surface area contributed by atoms with Gasteiger partial charge in [-0.1, -0.05) is 0 Å². The van der Waals surface area contributed by atoms with Gasteiger partial charge in [0.25, 0.3) is 0 Å². The monoisotopic (exact) mass is 278 g/mol. The molecular formula is C12H23ClN2O3. The lowest BCUT2D eigenvalue weighted by Gasteiger charge is -2.35. The fourth-order valence-electron chi connectivity index (χ4n) is 1.92. The summed E-state index contributed by atoms with van der Waals surface area (Å²) in [7, 11) is 1.34. The van der Waals surface area contributed by atoms with Crippen molar-refractivity contribution in [2.75, 3.05) is 39.9 Å². The van der Waals surface area contributed by atoms with Crippen LogP contribution in [0.15, 0.2) is 0 Å². The van der Waals surface area contributed by atoms with E-state index in [0.717, 1.165) is 19.7 Å². The Balaban J connectivity index is 2.21. The van der Waals surface area contributed by atoms with Gasteiger partial charge in [0, 0.05) is 32.2 Å². The highest BCUT2D eigenvalue weighted by Gasteiger charge is 2.22. The van der Waals surface area contributed by atoms with Crippen LogP contribution in [0, 0.1) is 0 Å². The second-order valence-corrected chi connectivity index (χ2v) is 5.26. The smallest absolute Gasteiger partial charge is 0.325 e. The van der Waals surface area contributed by atoms with Gasteiger partial charge in [-0.15, -0.1) is 11.6 Å². The molecule has 0 amide bonds. The predicted molar refractivity (Wildman–Crippen MR) is 71.0 cm³/mol. The maximum Gasteiger partial charge on any atom is 0.325 e. The number of ether oxygens (including phenoxy) is 2. The van der Waals surface area contributed by atoms with Gasteiger partial charge in [-0.05, 0) is 13.8 Å². The van der Waals surface area contributed by atoms with Crippen LogP contribution >= 0.6 is 11.6 Å². The van der Waals surface area contributed by atoms with Gasteiger partial charge >= 0.3 is 5.97 Å². The first-order valence-corrected chi connectivity index (χ1v) is 6.76. The van der Waals surface area contributed by atoms with Gasteiger partial charge in [-0.3, -0.25) is 9.69 Å². The molecular weight excluding hydrogens is 256 g/mol. The number of nitrogens with one attached hydrogen (secondary N) is 1. The van der Waals surface area contributed by atoms with E-state index < -0.39 is 11.3 Å². The van der Waals surface area contributed by atoms with E-state index in [0.29, 0.717) is 19.1 Å². The minimum absolute atomic E-state index is 0.155. The fraction of sp³-hybridized carbons (Fsp3) is 0.917. The molecule has 1 rings (SSSR count). The summed E-state index contributed by atoms with van der Waals surface area (Å²) in [5, 5.41) is 2.51. The third-order valence-corrected chi connectivity index (χ3v) is 3.39. The third-order valence-electron chi connectivity index (χ3n) is 3.05. The molecule has 1 aliphatic rings. The first-order chi connectivity index (χ1) is 8.54. The summed E-state index contributed by atoms with van der Waals surface area (Å²) < 4.78 is 10.2. The summed E-state index contributed by atoms with van der Waals surface area (Å²) >= 11 is 5.84. The average molecular weight is 279 g/mol. The van der Waals surface area contributed by atoms with Crippen LogP contribution in [0.1, 0.15) is 13.8 Å². The number of halogens is 1. The number of methoxy groups -OCH3 is 1. The SMILES string of the molecule is COC(=O)C(Cl)CNCC1CN(C(C)C)CCO1. The Labute approximate surface area is 114 Å². The van der Waals surface area contributed by atoms with Crippen LogP contribution in [0.25, 0.3) is 0 Å². The highest BCUT2D eigenvalue weighted by Crippen LogP contribution is 2.08. The van der Waals surface area contributed by atoms with E-state index in [-0.39, 0.29) is 6.10 Å². The number of hydrogen-bond donors (Lipinski definition) is 1. The Morgan fingerprint density at radius 2 is 2.33 bits per heavy atom. The van der Waals surface area contributed by atoms with Gasteiger partial charge in [0.2, 0.25) is 0 Å². The van der Waals surface area contributed by atoms with Gasteiger partial charge in [-0.25, -0.2) is 0 Å². The normalized spacial score (nSPS) is 23.1. The van der Waals surface area contributed by atoms with Crippen molar-refractivity contribution in [1.82, 2.24) is 10.2 Å². The van der Waals surface area contributed by atoms with E-state index in [1.54, 1.807) is 0 Å². The number of hydrogen-bond acceptors (Lipinski definition) is 5. The number of esters is 1. The van der Waals surface area contributed by atoms with E-state index in [9.17, 15) is 4.79 Å². The molecule has 1 aliphatic heterocycles. The molecule has 2 atom stereocenters. The zero-order valence-corrected chi connectivity index (χ0v) is 12.1. The Morgan fingerprint density at radius 1 is 1.61 bits per heavy atom. The molecule has 1 saturated heterocycles. The predicted octanol–water partition coefficient (Wildman–Crippen LogP) is 0.466. The van der Waals surface area contributed by atoms with Crippen molar-refractivity contribution in [1.29, 1.82) is 0 Å². The molecule has 0 aromatic rings. The van der Waals surface area contributed by atoms with E-state index in [4.69, 9.17) is 16.3 Å². The van der Waals surface area contributed by atoms with Crippen LogP contribution in [0.4, 0.5) is 0 Å². The first-order valence-electron chi connectivity index (χ1n) is 6.32. The van der Waals surface area contributed by atoms with Crippen molar-refractivity contribution in [3.05, 3.63) is 0 Å². The van der Waals surface area contributed by atoms with Crippen LogP contribution in [0.2, 0.25) is 0 Å². The summed E-state index contributed by atoms with van der Waals surface area (Å²) in [6.07, 6.45) is 0.155. The van der Waals surface area contributed by atoms with Crippen LogP contribution in [-0.2, 0) is 14.3 Å². The maximum atomic E-state index is 11.1. The zero-order chi connectivity index (χ0) is 13.5. The Hall–Kier alpha value is -0.360. The van der Waals surface area contributed by atoms with E-state index in [1.165, 1.54) is 7.11 Å². The average Bonchev–Trinajstić information content (AvgIpc) is 2.38. The molecule has 1 fully saturated rings.